The number of urea groups is 1. The lowest BCUT2D eigenvalue weighted by Gasteiger charge is -2.43. The minimum atomic E-state index is -1.01. The Morgan fingerprint density at radius 2 is 1.81 bits per heavy atom. The minimum Gasteiger partial charge on any atom is -0.344 e. The van der Waals surface area contributed by atoms with E-state index in [-0.39, 0.29) is 36.7 Å². The molecule has 5 amide bonds. The van der Waals surface area contributed by atoms with Crippen molar-refractivity contribution in [2.24, 2.45) is 0 Å². The number of benzene rings is 2. The molecule has 0 unspecified atom stereocenters. The Morgan fingerprint density at radius 3 is 2.60 bits per heavy atom. The van der Waals surface area contributed by atoms with Crippen molar-refractivity contribution >= 4 is 74.2 Å². The van der Waals surface area contributed by atoms with Gasteiger partial charge in [0.25, 0.3) is 5.91 Å². The molecule has 0 aliphatic carbocycles. The van der Waals surface area contributed by atoms with E-state index in [2.05, 4.69) is 20.9 Å². The highest BCUT2D eigenvalue weighted by Crippen LogP contribution is 2.30. The molecule has 2 saturated heterocycles. The molecule has 2 aromatic heterocycles. The van der Waals surface area contributed by atoms with E-state index in [0.29, 0.717) is 32.4 Å². The van der Waals surface area contributed by atoms with Crippen molar-refractivity contribution in [2.45, 2.75) is 61.0 Å². The number of rotatable bonds is 12. The monoisotopic (exact) mass is 704 g/mol. The molecule has 14 heteroatoms. The van der Waals surface area contributed by atoms with E-state index in [4.69, 9.17) is 0 Å². The van der Waals surface area contributed by atoms with Crippen molar-refractivity contribution in [1.82, 2.24) is 31.0 Å². The first kappa shape index (κ1) is 33.6. The zero-order valence-corrected chi connectivity index (χ0v) is 28.6. The number of amides is 5. The molecule has 3 N–H and O–H groups in total. The maximum absolute atomic E-state index is 14.0. The number of thiazole rings is 1. The number of hydrogen-bond donors (Lipinski definition) is 3. The summed E-state index contributed by atoms with van der Waals surface area (Å²) < 4.78 is 1.80. The number of Topliss-reactive ketones (excluding diaryl/α,β-unsaturated/α-hetero) is 1. The summed E-state index contributed by atoms with van der Waals surface area (Å²) in [6.07, 6.45) is 1.93. The summed E-state index contributed by atoms with van der Waals surface area (Å²) in [7, 11) is 0. The maximum atomic E-state index is 14.0. The zero-order valence-electron chi connectivity index (χ0n) is 26.1. The molecule has 11 nitrogen and oxygen atoms in total. The topological polar surface area (TPSA) is 141 Å². The van der Waals surface area contributed by atoms with Gasteiger partial charge in [0.2, 0.25) is 11.8 Å². The van der Waals surface area contributed by atoms with Crippen molar-refractivity contribution in [3.63, 3.8) is 0 Å². The Bertz CT molecular complexity index is 1730. The fraction of sp³-hybridized carbons (Fsp3) is 0.353. The van der Waals surface area contributed by atoms with Crippen LogP contribution < -0.4 is 16.0 Å². The van der Waals surface area contributed by atoms with E-state index >= 15 is 0 Å². The van der Waals surface area contributed by atoms with Crippen molar-refractivity contribution in [3.8, 4) is 0 Å². The van der Waals surface area contributed by atoms with Gasteiger partial charge in [-0.05, 0) is 61.2 Å². The standard InChI is InChI=1S/C34H36N6O5S3/c41-28(21-47-34-38-24-11-4-5-13-29(24)48-34)26(20-22-8-2-1-3-9-22)36-31(43)27-12-6-18-39-30(42)15-14-25(32(44)40(27)39)37-33(45)35-17-16-23-10-7-19-46-23/h1-5,7-11,13,19,25-27H,6,12,14-18,20-21H2,(H,36,43)(H2,35,37,45)/t25-,26-,27-/m0/s1. The van der Waals surface area contributed by atoms with Gasteiger partial charge in [0, 0.05) is 24.4 Å². The summed E-state index contributed by atoms with van der Waals surface area (Å²) in [5.41, 5.74) is 1.75. The number of aromatic nitrogens is 1. The van der Waals surface area contributed by atoms with Gasteiger partial charge in [-0.2, -0.15) is 0 Å². The van der Waals surface area contributed by atoms with Crippen LogP contribution in [0.5, 0.6) is 0 Å². The number of hydrogen-bond acceptors (Lipinski definition) is 9. The zero-order chi connectivity index (χ0) is 33.5. The van der Waals surface area contributed by atoms with Crippen LogP contribution in [-0.4, -0.2) is 81.5 Å². The van der Waals surface area contributed by atoms with Crippen LogP contribution >= 0.6 is 34.4 Å². The Balaban J connectivity index is 1.14. The number of carbonyl (C=O) groups is 5. The Morgan fingerprint density at radius 1 is 1.00 bits per heavy atom. The molecule has 3 atom stereocenters. The Kier molecular flexibility index (Phi) is 11.0. The Hall–Kier alpha value is -4.27. The van der Waals surface area contributed by atoms with Gasteiger partial charge < -0.3 is 16.0 Å². The SMILES string of the molecule is O=C(NCCc1cccs1)N[C@H]1CCC(=O)N2CCC[C@@H](C(=O)N[C@@H](Cc3ccccc3)C(=O)CSc3nc4ccccc4s3)N2C1=O. The van der Waals surface area contributed by atoms with Crippen LogP contribution in [0.3, 0.4) is 0 Å². The highest BCUT2D eigenvalue weighted by Gasteiger charge is 2.45. The first-order valence-electron chi connectivity index (χ1n) is 15.9. The van der Waals surface area contributed by atoms with Gasteiger partial charge in [0.05, 0.1) is 22.0 Å². The molecule has 2 aromatic carbocycles. The number of fused-ring (bicyclic) bond motifs is 2. The molecule has 2 fully saturated rings. The number of thiophene rings is 1. The molecule has 4 heterocycles. The second-order valence-corrected chi connectivity index (χ2v) is 14.9. The number of para-hydroxylation sites is 1. The highest BCUT2D eigenvalue weighted by atomic mass is 32.2. The van der Waals surface area contributed by atoms with Crippen LogP contribution in [0.4, 0.5) is 4.79 Å². The number of thioether (sulfide) groups is 1. The number of ketones is 1. The van der Waals surface area contributed by atoms with Crippen LogP contribution in [0.1, 0.15) is 36.1 Å². The maximum Gasteiger partial charge on any atom is 0.315 e. The quantitative estimate of drug-likeness (QED) is 0.188. The number of nitrogens with zero attached hydrogens (tertiary/aromatic N) is 3. The van der Waals surface area contributed by atoms with Gasteiger partial charge in [-0.3, -0.25) is 24.2 Å². The first-order chi connectivity index (χ1) is 23.4. The predicted octanol–water partition coefficient (Wildman–Crippen LogP) is 4.19. The van der Waals surface area contributed by atoms with E-state index in [1.165, 1.54) is 33.1 Å². The van der Waals surface area contributed by atoms with Crippen LogP contribution in [0.2, 0.25) is 0 Å². The molecular formula is C34H36N6O5S3. The summed E-state index contributed by atoms with van der Waals surface area (Å²) in [5, 5.41) is 13.0. The average Bonchev–Trinajstić information content (AvgIpc) is 3.76. The summed E-state index contributed by atoms with van der Waals surface area (Å²) >= 11 is 4.44. The van der Waals surface area contributed by atoms with Crippen LogP contribution in [0, 0.1) is 0 Å². The molecule has 2 aliphatic heterocycles. The summed E-state index contributed by atoms with van der Waals surface area (Å²) in [4.78, 5) is 73.2. The molecule has 6 rings (SSSR count). The third-order valence-electron chi connectivity index (χ3n) is 8.31. The van der Waals surface area contributed by atoms with Crippen LogP contribution in [0.15, 0.2) is 76.4 Å². The largest absolute Gasteiger partial charge is 0.344 e. The van der Waals surface area contributed by atoms with E-state index in [0.717, 1.165) is 25.0 Å². The summed E-state index contributed by atoms with van der Waals surface area (Å²) in [6, 6.07) is 17.8. The second kappa shape index (κ2) is 15.8. The predicted molar refractivity (Wildman–Crippen MR) is 187 cm³/mol. The molecule has 0 spiro atoms. The van der Waals surface area contributed by atoms with Gasteiger partial charge in [-0.1, -0.05) is 60.3 Å². The van der Waals surface area contributed by atoms with Gasteiger partial charge in [-0.15, -0.1) is 22.7 Å². The van der Waals surface area contributed by atoms with Crippen molar-refractivity contribution in [1.29, 1.82) is 0 Å². The van der Waals surface area contributed by atoms with Crippen LogP contribution in [0.25, 0.3) is 10.2 Å². The van der Waals surface area contributed by atoms with Crippen molar-refractivity contribution < 1.29 is 24.0 Å². The van der Waals surface area contributed by atoms with Gasteiger partial charge >= 0.3 is 6.03 Å². The third kappa shape index (κ3) is 8.23. The number of carbonyl (C=O) groups excluding carboxylic acids is 5. The Labute approximate surface area is 290 Å². The smallest absolute Gasteiger partial charge is 0.315 e. The molecular weight excluding hydrogens is 669 g/mol. The molecule has 0 radical (unpaired) electrons. The molecule has 48 heavy (non-hydrogen) atoms. The first-order valence-corrected chi connectivity index (χ1v) is 18.6. The lowest BCUT2D eigenvalue weighted by atomic mass is 10.0. The van der Waals surface area contributed by atoms with Gasteiger partial charge in [-0.25, -0.2) is 14.8 Å². The number of hydrazine groups is 1. The van der Waals surface area contributed by atoms with Crippen molar-refractivity contribution in [3.05, 3.63) is 82.6 Å². The lowest BCUT2D eigenvalue weighted by molar-refractivity contribution is -0.176. The number of nitrogens with one attached hydrogen (secondary N) is 3. The second-order valence-electron chi connectivity index (χ2n) is 11.6. The molecule has 0 bridgehead atoms. The van der Waals surface area contributed by atoms with E-state index < -0.39 is 36.0 Å². The minimum absolute atomic E-state index is 0.0504. The highest BCUT2D eigenvalue weighted by molar-refractivity contribution is 8.01. The summed E-state index contributed by atoms with van der Waals surface area (Å²) in [6.45, 7) is 0.681. The molecule has 4 aromatic rings. The van der Waals surface area contributed by atoms with Crippen molar-refractivity contribution in [2.75, 3.05) is 18.8 Å². The fourth-order valence-electron chi connectivity index (χ4n) is 5.88. The van der Waals surface area contributed by atoms with E-state index in [1.807, 2.05) is 72.1 Å². The molecule has 250 valence electrons. The summed E-state index contributed by atoms with van der Waals surface area (Å²) in [5.74, 6) is -1.40. The van der Waals surface area contributed by atoms with E-state index in [9.17, 15) is 24.0 Å². The van der Waals surface area contributed by atoms with Gasteiger partial charge in [0.1, 0.15) is 12.1 Å². The fourth-order valence-corrected chi connectivity index (χ4v) is 8.60. The molecule has 2 aliphatic rings. The average molecular weight is 705 g/mol. The lowest BCUT2D eigenvalue weighted by Crippen LogP contribution is -2.65. The molecule has 0 saturated carbocycles. The normalized spacial score (nSPS) is 18.6. The van der Waals surface area contributed by atoms with E-state index in [1.54, 1.807) is 11.3 Å². The van der Waals surface area contributed by atoms with Crippen LogP contribution in [-0.2, 0) is 32.0 Å². The third-order valence-corrected chi connectivity index (χ3v) is 11.4. The van der Waals surface area contributed by atoms with Gasteiger partial charge in [0.15, 0.2) is 10.1 Å².